The van der Waals surface area contributed by atoms with Crippen LogP contribution in [0.5, 0.6) is 0 Å². The summed E-state index contributed by atoms with van der Waals surface area (Å²) >= 11 is 6.25. The van der Waals surface area contributed by atoms with Crippen molar-refractivity contribution in [2.45, 2.75) is 6.54 Å². The highest BCUT2D eigenvalue weighted by molar-refractivity contribution is 6.31. The number of fused-ring (bicyclic) bond motifs is 3. The Kier molecular flexibility index (Phi) is 3.28. The van der Waals surface area contributed by atoms with Gasteiger partial charge in [-0.3, -0.25) is 4.99 Å². The molecule has 0 saturated heterocycles. The second kappa shape index (κ2) is 5.43. The molecule has 3 aromatic rings. The number of hydrogen-bond acceptors (Lipinski definition) is 1. The van der Waals surface area contributed by atoms with Crippen LogP contribution in [0.15, 0.2) is 77.8 Å². The molecule has 0 bridgehead atoms. The van der Waals surface area contributed by atoms with Crippen molar-refractivity contribution < 1.29 is 0 Å². The predicted molar refractivity (Wildman–Crippen MR) is 92.7 cm³/mol. The molecule has 1 nitrogen and oxygen atoms in total. The van der Waals surface area contributed by atoms with Gasteiger partial charge in [-0.05, 0) is 28.8 Å². The molecular formula is C20H14ClN. The van der Waals surface area contributed by atoms with E-state index < -0.39 is 0 Å². The highest BCUT2D eigenvalue weighted by Gasteiger charge is 2.18. The summed E-state index contributed by atoms with van der Waals surface area (Å²) in [6, 6.07) is 24.8. The fourth-order valence-corrected chi connectivity index (χ4v) is 3.13. The molecule has 1 aliphatic rings. The zero-order valence-electron chi connectivity index (χ0n) is 12.0. The highest BCUT2D eigenvalue weighted by atomic mass is 35.5. The first-order chi connectivity index (χ1) is 10.8. The second-order valence-corrected chi connectivity index (χ2v) is 5.81. The van der Waals surface area contributed by atoms with Crippen molar-refractivity contribution in [3.8, 4) is 11.1 Å². The van der Waals surface area contributed by atoms with E-state index in [9.17, 15) is 0 Å². The standard InChI is InChI=1S/C20H14ClN/c21-16-10-11-18-17-9-5-4-8-15(17)13-22-20(19(18)12-16)14-6-2-1-3-7-14/h1-12H,13H2. The molecule has 0 radical (unpaired) electrons. The molecule has 1 aliphatic heterocycles. The Hall–Kier alpha value is -2.38. The lowest BCUT2D eigenvalue weighted by atomic mass is 9.92. The van der Waals surface area contributed by atoms with Crippen LogP contribution in [-0.2, 0) is 6.54 Å². The summed E-state index contributed by atoms with van der Waals surface area (Å²) in [6.07, 6.45) is 0. The largest absolute Gasteiger partial charge is 0.279 e. The van der Waals surface area contributed by atoms with Crippen LogP contribution in [0.1, 0.15) is 16.7 Å². The number of nitrogens with zero attached hydrogens (tertiary/aromatic N) is 1. The van der Waals surface area contributed by atoms with Gasteiger partial charge in [0.15, 0.2) is 0 Å². The fraction of sp³-hybridized carbons (Fsp3) is 0.0500. The topological polar surface area (TPSA) is 12.4 Å². The normalized spacial score (nSPS) is 12.9. The van der Waals surface area contributed by atoms with Crippen LogP contribution >= 0.6 is 11.6 Å². The van der Waals surface area contributed by atoms with Crippen molar-refractivity contribution in [3.05, 3.63) is 94.5 Å². The van der Waals surface area contributed by atoms with Gasteiger partial charge in [0.1, 0.15) is 0 Å². The Labute approximate surface area is 134 Å². The lowest BCUT2D eigenvalue weighted by Gasteiger charge is -2.12. The molecule has 0 unspecified atom stereocenters. The number of halogens is 1. The number of aliphatic imine (C=N–C) groups is 1. The zero-order chi connectivity index (χ0) is 14.9. The molecule has 0 spiro atoms. The van der Waals surface area contributed by atoms with Crippen LogP contribution in [0.2, 0.25) is 5.02 Å². The Balaban J connectivity index is 2.01. The van der Waals surface area contributed by atoms with E-state index in [1.54, 1.807) is 0 Å². The van der Waals surface area contributed by atoms with Gasteiger partial charge in [0, 0.05) is 16.1 Å². The van der Waals surface area contributed by atoms with Crippen LogP contribution in [0.4, 0.5) is 0 Å². The molecule has 0 N–H and O–H groups in total. The molecule has 0 atom stereocenters. The van der Waals surface area contributed by atoms with Crippen molar-refractivity contribution in [2.24, 2.45) is 4.99 Å². The molecule has 1 heterocycles. The summed E-state index contributed by atoms with van der Waals surface area (Å²) in [7, 11) is 0. The van der Waals surface area contributed by atoms with Crippen molar-refractivity contribution in [2.75, 3.05) is 0 Å². The predicted octanol–water partition coefficient (Wildman–Crippen LogP) is 5.36. The van der Waals surface area contributed by atoms with Crippen molar-refractivity contribution in [3.63, 3.8) is 0 Å². The molecule has 4 rings (SSSR count). The average Bonchev–Trinajstić information content (AvgIpc) is 2.72. The minimum atomic E-state index is 0.687. The van der Waals surface area contributed by atoms with E-state index in [1.165, 1.54) is 16.7 Å². The maximum Gasteiger partial charge on any atom is 0.0729 e. The maximum atomic E-state index is 6.25. The van der Waals surface area contributed by atoms with Crippen LogP contribution in [0.3, 0.4) is 0 Å². The summed E-state index contributed by atoms with van der Waals surface area (Å²) in [5.74, 6) is 0. The fourth-order valence-electron chi connectivity index (χ4n) is 2.96. The quantitative estimate of drug-likeness (QED) is 0.574. The van der Waals surface area contributed by atoms with Gasteiger partial charge < -0.3 is 0 Å². The highest BCUT2D eigenvalue weighted by Crippen LogP contribution is 2.34. The maximum absolute atomic E-state index is 6.25. The molecule has 3 aromatic carbocycles. The molecule has 22 heavy (non-hydrogen) atoms. The van der Waals surface area contributed by atoms with Gasteiger partial charge in [-0.15, -0.1) is 0 Å². The summed E-state index contributed by atoms with van der Waals surface area (Å²) in [6.45, 7) is 0.687. The van der Waals surface area contributed by atoms with Crippen molar-refractivity contribution >= 4 is 17.3 Å². The summed E-state index contributed by atoms with van der Waals surface area (Å²) in [5, 5.41) is 0.738. The number of hydrogen-bond donors (Lipinski definition) is 0. The zero-order valence-corrected chi connectivity index (χ0v) is 12.7. The summed E-state index contributed by atoms with van der Waals surface area (Å²) in [4.78, 5) is 4.88. The Morgan fingerprint density at radius 2 is 1.50 bits per heavy atom. The van der Waals surface area contributed by atoms with Crippen molar-refractivity contribution in [1.29, 1.82) is 0 Å². The first-order valence-corrected chi connectivity index (χ1v) is 7.69. The van der Waals surface area contributed by atoms with Gasteiger partial charge in [-0.1, -0.05) is 72.3 Å². The Bertz CT molecular complexity index is 866. The van der Waals surface area contributed by atoms with Gasteiger partial charge in [0.2, 0.25) is 0 Å². The summed E-state index contributed by atoms with van der Waals surface area (Å²) < 4.78 is 0. The Morgan fingerprint density at radius 3 is 2.36 bits per heavy atom. The minimum Gasteiger partial charge on any atom is -0.279 e. The molecule has 0 aromatic heterocycles. The van der Waals surface area contributed by atoms with Gasteiger partial charge in [-0.25, -0.2) is 0 Å². The molecule has 0 fully saturated rings. The molecule has 106 valence electrons. The molecule has 2 heteroatoms. The van der Waals surface area contributed by atoms with Gasteiger partial charge in [0.25, 0.3) is 0 Å². The smallest absolute Gasteiger partial charge is 0.0729 e. The van der Waals surface area contributed by atoms with Gasteiger partial charge in [0.05, 0.1) is 12.3 Å². The minimum absolute atomic E-state index is 0.687. The third-order valence-electron chi connectivity index (χ3n) is 4.00. The van der Waals surface area contributed by atoms with Crippen LogP contribution in [-0.4, -0.2) is 5.71 Å². The van der Waals surface area contributed by atoms with E-state index in [0.717, 1.165) is 21.9 Å². The van der Waals surface area contributed by atoms with Crippen LogP contribution < -0.4 is 0 Å². The number of benzene rings is 3. The lowest BCUT2D eigenvalue weighted by molar-refractivity contribution is 1.08. The average molecular weight is 304 g/mol. The summed E-state index contributed by atoms with van der Waals surface area (Å²) in [5.41, 5.74) is 6.91. The molecule has 0 saturated carbocycles. The third-order valence-corrected chi connectivity index (χ3v) is 4.23. The number of rotatable bonds is 1. The Morgan fingerprint density at radius 1 is 0.727 bits per heavy atom. The first kappa shape index (κ1) is 13.3. The van der Waals surface area contributed by atoms with Crippen molar-refractivity contribution in [1.82, 2.24) is 0 Å². The van der Waals surface area contributed by atoms with Gasteiger partial charge >= 0.3 is 0 Å². The lowest BCUT2D eigenvalue weighted by Crippen LogP contribution is -2.04. The van der Waals surface area contributed by atoms with Gasteiger partial charge in [-0.2, -0.15) is 0 Å². The second-order valence-electron chi connectivity index (χ2n) is 5.38. The van der Waals surface area contributed by atoms with Crippen LogP contribution in [0.25, 0.3) is 11.1 Å². The monoisotopic (exact) mass is 303 g/mol. The molecular weight excluding hydrogens is 290 g/mol. The molecule has 0 amide bonds. The van der Waals surface area contributed by atoms with E-state index in [2.05, 4.69) is 42.5 Å². The first-order valence-electron chi connectivity index (χ1n) is 7.31. The molecule has 0 aliphatic carbocycles. The van der Waals surface area contributed by atoms with E-state index in [4.69, 9.17) is 16.6 Å². The van der Waals surface area contributed by atoms with E-state index in [0.29, 0.717) is 6.54 Å². The van der Waals surface area contributed by atoms with E-state index in [1.807, 2.05) is 30.3 Å². The third kappa shape index (κ3) is 2.24. The van der Waals surface area contributed by atoms with Crippen LogP contribution in [0, 0.1) is 0 Å². The van der Waals surface area contributed by atoms with E-state index in [-0.39, 0.29) is 0 Å². The SMILES string of the molecule is Clc1ccc2c(c1)C(c1ccccc1)=NCc1ccccc1-2. The van der Waals surface area contributed by atoms with E-state index >= 15 is 0 Å².